The van der Waals surface area contributed by atoms with Crippen LogP contribution < -0.4 is 16.0 Å². The maximum atomic E-state index is 12.2. The van der Waals surface area contributed by atoms with E-state index in [1.165, 1.54) is 0 Å². The van der Waals surface area contributed by atoms with Crippen molar-refractivity contribution < 1.29 is 19.1 Å². The van der Waals surface area contributed by atoms with Gasteiger partial charge in [-0.1, -0.05) is 41.9 Å². The number of hydrogen-bond acceptors (Lipinski definition) is 4. The van der Waals surface area contributed by atoms with Crippen molar-refractivity contribution >= 4 is 35.2 Å². The van der Waals surface area contributed by atoms with Gasteiger partial charge in [0.05, 0.1) is 6.42 Å². The first-order valence-electron chi connectivity index (χ1n) is 9.98. The normalized spacial score (nSPS) is 10.8. The zero-order chi connectivity index (χ0) is 22.9. The van der Waals surface area contributed by atoms with Crippen LogP contribution in [0.15, 0.2) is 48.5 Å². The van der Waals surface area contributed by atoms with E-state index in [1.54, 1.807) is 57.2 Å². The molecular weight excluding hydrogens is 418 g/mol. The summed E-state index contributed by atoms with van der Waals surface area (Å²) < 4.78 is 5.13. The summed E-state index contributed by atoms with van der Waals surface area (Å²) in [4.78, 5) is 36.1. The van der Waals surface area contributed by atoms with Crippen molar-refractivity contribution in [3.05, 3.63) is 64.7 Å². The third-order valence-corrected chi connectivity index (χ3v) is 4.32. The number of ether oxygens (including phenoxy) is 1. The summed E-state index contributed by atoms with van der Waals surface area (Å²) in [6, 6.07) is 14.3. The fourth-order valence-corrected chi connectivity index (χ4v) is 2.77. The second kappa shape index (κ2) is 11.4. The SMILES string of the molecule is CC(C)(C)OC(=O)NCCC(=O)Nc1ccccc1CNC(=O)Cc1ccc(Cl)cc1. The van der Waals surface area contributed by atoms with Gasteiger partial charge in [0, 0.05) is 30.2 Å². The fourth-order valence-electron chi connectivity index (χ4n) is 2.65. The summed E-state index contributed by atoms with van der Waals surface area (Å²) in [5.41, 5.74) is 1.65. The largest absolute Gasteiger partial charge is 0.444 e. The fraction of sp³-hybridized carbons (Fsp3) is 0.348. The first kappa shape index (κ1) is 24.2. The van der Waals surface area contributed by atoms with Gasteiger partial charge >= 0.3 is 6.09 Å². The standard InChI is InChI=1S/C23H28ClN3O4/c1-23(2,3)31-22(30)25-13-12-20(28)27-19-7-5-4-6-17(19)15-26-21(29)14-16-8-10-18(24)11-9-16/h4-11H,12-15H2,1-3H3,(H,25,30)(H,26,29)(H,27,28). The zero-order valence-corrected chi connectivity index (χ0v) is 18.7. The van der Waals surface area contributed by atoms with Crippen LogP contribution >= 0.6 is 11.6 Å². The lowest BCUT2D eigenvalue weighted by molar-refractivity contribution is -0.120. The summed E-state index contributed by atoms with van der Waals surface area (Å²) in [5.74, 6) is -0.388. The minimum atomic E-state index is -0.594. The van der Waals surface area contributed by atoms with Gasteiger partial charge in [-0.05, 0) is 50.1 Å². The highest BCUT2D eigenvalue weighted by atomic mass is 35.5. The molecule has 0 fully saturated rings. The summed E-state index contributed by atoms with van der Waals surface area (Å²) in [6.07, 6.45) is -0.234. The second-order valence-corrected chi connectivity index (χ2v) is 8.40. The molecule has 3 N–H and O–H groups in total. The van der Waals surface area contributed by atoms with Crippen LogP contribution in [-0.2, 0) is 27.3 Å². The Labute approximate surface area is 187 Å². The Morgan fingerprint density at radius 2 is 1.61 bits per heavy atom. The molecule has 0 aromatic heterocycles. The molecular formula is C23H28ClN3O4. The summed E-state index contributed by atoms with van der Waals surface area (Å²) >= 11 is 5.86. The van der Waals surface area contributed by atoms with Gasteiger partial charge in [-0.3, -0.25) is 9.59 Å². The number of carbonyl (C=O) groups is 3. The topological polar surface area (TPSA) is 96.5 Å². The number of nitrogens with one attached hydrogen (secondary N) is 3. The van der Waals surface area contributed by atoms with Crippen LogP contribution in [0.3, 0.4) is 0 Å². The van der Waals surface area contributed by atoms with E-state index >= 15 is 0 Å². The molecule has 0 bridgehead atoms. The minimum Gasteiger partial charge on any atom is -0.444 e. The van der Waals surface area contributed by atoms with Gasteiger partial charge in [0.15, 0.2) is 0 Å². The highest BCUT2D eigenvalue weighted by molar-refractivity contribution is 6.30. The van der Waals surface area contributed by atoms with Crippen LogP contribution in [0.5, 0.6) is 0 Å². The van der Waals surface area contributed by atoms with E-state index in [0.717, 1.165) is 11.1 Å². The molecule has 0 radical (unpaired) electrons. The van der Waals surface area contributed by atoms with Gasteiger partial charge in [-0.15, -0.1) is 0 Å². The Morgan fingerprint density at radius 1 is 0.935 bits per heavy atom. The van der Waals surface area contributed by atoms with Gasteiger partial charge < -0.3 is 20.7 Å². The van der Waals surface area contributed by atoms with E-state index < -0.39 is 11.7 Å². The molecule has 0 unspecified atom stereocenters. The molecule has 2 aromatic carbocycles. The lowest BCUT2D eigenvalue weighted by Crippen LogP contribution is -2.34. The van der Waals surface area contributed by atoms with E-state index in [-0.39, 0.29) is 37.7 Å². The van der Waals surface area contributed by atoms with Gasteiger partial charge in [0.25, 0.3) is 0 Å². The zero-order valence-electron chi connectivity index (χ0n) is 18.0. The van der Waals surface area contributed by atoms with Crippen molar-refractivity contribution in [3.63, 3.8) is 0 Å². The predicted octanol–water partition coefficient (Wildman–Crippen LogP) is 4.05. The predicted molar refractivity (Wildman–Crippen MR) is 121 cm³/mol. The number of para-hydroxylation sites is 1. The molecule has 7 nitrogen and oxygen atoms in total. The Balaban J connectivity index is 1.81. The van der Waals surface area contributed by atoms with Crippen molar-refractivity contribution in [2.75, 3.05) is 11.9 Å². The number of hydrogen-bond donors (Lipinski definition) is 3. The number of rotatable bonds is 8. The Bertz CT molecular complexity index is 908. The van der Waals surface area contributed by atoms with E-state index in [2.05, 4.69) is 16.0 Å². The quantitative estimate of drug-likeness (QED) is 0.571. The lowest BCUT2D eigenvalue weighted by atomic mass is 10.1. The van der Waals surface area contributed by atoms with Crippen molar-refractivity contribution in [2.24, 2.45) is 0 Å². The molecule has 0 saturated carbocycles. The maximum Gasteiger partial charge on any atom is 0.407 e. The first-order valence-corrected chi connectivity index (χ1v) is 10.4. The molecule has 0 heterocycles. The number of alkyl carbamates (subject to hydrolysis) is 1. The number of benzene rings is 2. The van der Waals surface area contributed by atoms with E-state index in [9.17, 15) is 14.4 Å². The van der Waals surface area contributed by atoms with Crippen molar-refractivity contribution in [1.29, 1.82) is 0 Å². The Kier molecular flexibility index (Phi) is 8.88. The van der Waals surface area contributed by atoms with Gasteiger partial charge in [0.2, 0.25) is 11.8 Å². The molecule has 0 aliphatic rings. The molecule has 2 aromatic rings. The van der Waals surface area contributed by atoms with Crippen molar-refractivity contribution in [1.82, 2.24) is 10.6 Å². The molecule has 0 spiro atoms. The van der Waals surface area contributed by atoms with Crippen LogP contribution in [0.25, 0.3) is 0 Å². The van der Waals surface area contributed by atoms with E-state index in [0.29, 0.717) is 10.7 Å². The van der Waals surface area contributed by atoms with E-state index in [1.807, 2.05) is 12.1 Å². The van der Waals surface area contributed by atoms with E-state index in [4.69, 9.17) is 16.3 Å². The number of carbonyl (C=O) groups excluding carboxylic acids is 3. The second-order valence-electron chi connectivity index (χ2n) is 7.96. The third kappa shape index (κ3) is 9.53. The van der Waals surface area contributed by atoms with Crippen LogP contribution in [-0.4, -0.2) is 30.1 Å². The third-order valence-electron chi connectivity index (χ3n) is 4.07. The van der Waals surface area contributed by atoms with Gasteiger partial charge in [-0.25, -0.2) is 4.79 Å². The summed E-state index contributed by atoms with van der Waals surface area (Å²) in [7, 11) is 0. The monoisotopic (exact) mass is 445 g/mol. The maximum absolute atomic E-state index is 12.2. The average Bonchev–Trinajstić information content (AvgIpc) is 2.67. The molecule has 8 heteroatoms. The van der Waals surface area contributed by atoms with Crippen LogP contribution in [0, 0.1) is 0 Å². The average molecular weight is 446 g/mol. The number of amides is 3. The molecule has 0 saturated heterocycles. The first-order chi connectivity index (χ1) is 14.6. The van der Waals surface area contributed by atoms with Gasteiger partial charge in [-0.2, -0.15) is 0 Å². The minimum absolute atomic E-state index is 0.0938. The Morgan fingerprint density at radius 3 is 2.29 bits per heavy atom. The van der Waals surface area contributed by atoms with Crippen LogP contribution in [0.1, 0.15) is 38.3 Å². The van der Waals surface area contributed by atoms with Crippen LogP contribution in [0.2, 0.25) is 5.02 Å². The summed E-state index contributed by atoms with van der Waals surface area (Å²) in [5, 5.41) is 8.84. The number of halogens is 1. The molecule has 166 valence electrons. The number of anilines is 1. The van der Waals surface area contributed by atoms with Crippen LogP contribution in [0.4, 0.5) is 10.5 Å². The molecule has 3 amide bonds. The molecule has 0 aliphatic heterocycles. The molecule has 31 heavy (non-hydrogen) atoms. The lowest BCUT2D eigenvalue weighted by Gasteiger charge is -2.19. The molecule has 2 rings (SSSR count). The van der Waals surface area contributed by atoms with Crippen molar-refractivity contribution in [2.45, 2.75) is 45.8 Å². The molecule has 0 aliphatic carbocycles. The summed E-state index contributed by atoms with van der Waals surface area (Å²) in [6.45, 7) is 5.74. The highest BCUT2D eigenvalue weighted by Gasteiger charge is 2.16. The smallest absolute Gasteiger partial charge is 0.407 e. The highest BCUT2D eigenvalue weighted by Crippen LogP contribution is 2.15. The van der Waals surface area contributed by atoms with Gasteiger partial charge in [0.1, 0.15) is 5.60 Å². The molecule has 0 atom stereocenters. The van der Waals surface area contributed by atoms with Crippen molar-refractivity contribution in [3.8, 4) is 0 Å². The Hall–Kier alpha value is -3.06.